The summed E-state index contributed by atoms with van der Waals surface area (Å²) in [5.41, 5.74) is 1.75. The van der Waals surface area contributed by atoms with Crippen molar-refractivity contribution in [2.45, 2.75) is 45.8 Å². The molecule has 2 aromatic carbocycles. The van der Waals surface area contributed by atoms with Crippen molar-refractivity contribution in [1.82, 2.24) is 0 Å². The number of hydrogen-bond acceptors (Lipinski definition) is 2. The SMILES string of the molecule is Cc1cc2ccccc2cc1B1OC(C)(C)C(C)(C)O1. The largest absolute Gasteiger partial charge is 0.495 e. The summed E-state index contributed by atoms with van der Waals surface area (Å²) in [6, 6.07) is 12.8. The highest BCUT2D eigenvalue weighted by molar-refractivity contribution is 6.63. The van der Waals surface area contributed by atoms with Gasteiger partial charge in [0.2, 0.25) is 0 Å². The van der Waals surface area contributed by atoms with Crippen LogP contribution in [-0.2, 0) is 9.31 Å². The second kappa shape index (κ2) is 4.34. The van der Waals surface area contributed by atoms with Gasteiger partial charge in [-0.25, -0.2) is 0 Å². The molecule has 0 N–H and O–H groups in total. The van der Waals surface area contributed by atoms with Crippen LogP contribution >= 0.6 is 0 Å². The van der Waals surface area contributed by atoms with E-state index in [2.05, 4.69) is 71.0 Å². The van der Waals surface area contributed by atoms with Crippen LogP contribution < -0.4 is 5.46 Å². The number of rotatable bonds is 1. The Labute approximate surface area is 121 Å². The zero-order chi connectivity index (χ0) is 14.5. The predicted octanol–water partition coefficient (Wildman–Crippen LogP) is 3.45. The first kappa shape index (κ1) is 13.7. The normalized spacial score (nSPS) is 20.6. The van der Waals surface area contributed by atoms with Crippen molar-refractivity contribution >= 4 is 23.4 Å². The lowest BCUT2D eigenvalue weighted by Gasteiger charge is -2.32. The highest BCUT2D eigenvalue weighted by Crippen LogP contribution is 2.36. The van der Waals surface area contributed by atoms with E-state index in [0.29, 0.717) is 0 Å². The highest BCUT2D eigenvalue weighted by Gasteiger charge is 2.52. The van der Waals surface area contributed by atoms with Crippen LogP contribution in [0.15, 0.2) is 36.4 Å². The fourth-order valence-electron chi connectivity index (χ4n) is 2.60. The first-order valence-electron chi connectivity index (χ1n) is 7.15. The lowest BCUT2D eigenvalue weighted by Crippen LogP contribution is -2.41. The van der Waals surface area contributed by atoms with E-state index in [9.17, 15) is 0 Å². The van der Waals surface area contributed by atoms with E-state index in [1.807, 2.05) is 0 Å². The Bertz CT molecular complexity index is 645. The minimum absolute atomic E-state index is 0.287. The molecule has 1 aliphatic heterocycles. The van der Waals surface area contributed by atoms with Crippen molar-refractivity contribution in [1.29, 1.82) is 0 Å². The van der Waals surface area contributed by atoms with Crippen molar-refractivity contribution in [3.8, 4) is 0 Å². The van der Waals surface area contributed by atoms with Crippen molar-refractivity contribution in [3.05, 3.63) is 42.0 Å². The summed E-state index contributed by atoms with van der Waals surface area (Å²) in [5.74, 6) is 0. The molecule has 1 saturated heterocycles. The lowest BCUT2D eigenvalue weighted by molar-refractivity contribution is 0.00578. The van der Waals surface area contributed by atoms with Gasteiger partial charge in [-0.1, -0.05) is 42.0 Å². The van der Waals surface area contributed by atoms with Crippen LogP contribution in [0, 0.1) is 6.92 Å². The number of benzene rings is 2. The molecular formula is C17H21BO2. The third-order valence-corrected chi connectivity index (χ3v) is 4.64. The molecule has 20 heavy (non-hydrogen) atoms. The standard InChI is InChI=1S/C17H21BO2/c1-12-10-13-8-6-7-9-14(13)11-15(12)18-19-16(2,3)17(4,5)20-18/h6-11H,1-5H3. The molecule has 2 aromatic rings. The van der Waals surface area contributed by atoms with Crippen LogP contribution in [0.1, 0.15) is 33.3 Å². The van der Waals surface area contributed by atoms with E-state index in [1.54, 1.807) is 0 Å². The summed E-state index contributed by atoms with van der Waals surface area (Å²) >= 11 is 0. The van der Waals surface area contributed by atoms with E-state index < -0.39 is 0 Å². The molecule has 0 radical (unpaired) electrons. The minimum atomic E-state index is -0.296. The van der Waals surface area contributed by atoms with Gasteiger partial charge in [0.05, 0.1) is 11.2 Å². The van der Waals surface area contributed by atoms with E-state index in [-0.39, 0.29) is 18.3 Å². The Balaban J connectivity index is 2.05. The van der Waals surface area contributed by atoms with Gasteiger partial charge in [0.25, 0.3) is 0 Å². The van der Waals surface area contributed by atoms with Gasteiger partial charge in [-0.2, -0.15) is 0 Å². The number of hydrogen-bond donors (Lipinski definition) is 0. The van der Waals surface area contributed by atoms with Crippen molar-refractivity contribution in [2.24, 2.45) is 0 Å². The Morgan fingerprint density at radius 3 is 1.90 bits per heavy atom. The molecule has 1 fully saturated rings. The van der Waals surface area contributed by atoms with Crippen molar-refractivity contribution in [3.63, 3.8) is 0 Å². The average Bonchev–Trinajstić information content (AvgIpc) is 2.57. The number of aryl methyl sites for hydroxylation is 1. The van der Waals surface area contributed by atoms with Gasteiger partial charge in [-0.15, -0.1) is 0 Å². The maximum Gasteiger partial charge on any atom is 0.495 e. The van der Waals surface area contributed by atoms with Crippen LogP contribution in [0.3, 0.4) is 0 Å². The fraction of sp³-hybridized carbons (Fsp3) is 0.412. The zero-order valence-electron chi connectivity index (χ0n) is 12.9. The maximum absolute atomic E-state index is 6.16. The van der Waals surface area contributed by atoms with Gasteiger partial charge < -0.3 is 9.31 Å². The van der Waals surface area contributed by atoms with E-state index in [4.69, 9.17) is 9.31 Å². The Kier molecular flexibility index (Phi) is 2.96. The Hall–Kier alpha value is -1.32. The monoisotopic (exact) mass is 268 g/mol. The zero-order valence-corrected chi connectivity index (χ0v) is 12.9. The summed E-state index contributed by atoms with van der Waals surface area (Å²) in [7, 11) is -0.287. The summed E-state index contributed by atoms with van der Waals surface area (Å²) in [5, 5.41) is 2.48. The Morgan fingerprint density at radius 1 is 0.850 bits per heavy atom. The van der Waals surface area contributed by atoms with Gasteiger partial charge in [0.15, 0.2) is 0 Å². The first-order valence-corrected chi connectivity index (χ1v) is 7.15. The van der Waals surface area contributed by atoms with Crippen LogP contribution in [0.5, 0.6) is 0 Å². The molecule has 0 amide bonds. The topological polar surface area (TPSA) is 18.5 Å². The second-order valence-corrected chi connectivity index (χ2v) is 6.64. The molecule has 104 valence electrons. The van der Waals surface area contributed by atoms with Gasteiger partial charge >= 0.3 is 7.12 Å². The van der Waals surface area contributed by atoms with Crippen LogP contribution in [0.4, 0.5) is 0 Å². The maximum atomic E-state index is 6.16. The minimum Gasteiger partial charge on any atom is -0.399 e. The lowest BCUT2D eigenvalue weighted by atomic mass is 9.75. The highest BCUT2D eigenvalue weighted by atomic mass is 16.7. The molecule has 3 heteroatoms. The van der Waals surface area contributed by atoms with Crippen LogP contribution in [0.25, 0.3) is 10.8 Å². The molecule has 0 unspecified atom stereocenters. The molecule has 0 aromatic heterocycles. The van der Waals surface area contributed by atoms with Crippen LogP contribution in [-0.4, -0.2) is 18.3 Å². The molecule has 1 heterocycles. The van der Waals surface area contributed by atoms with E-state index >= 15 is 0 Å². The molecule has 3 rings (SSSR count). The van der Waals surface area contributed by atoms with Crippen molar-refractivity contribution < 1.29 is 9.31 Å². The molecule has 0 spiro atoms. The third-order valence-electron chi connectivity index (χ3n) is 4.64. The van der Waals surface area contributed by atoms with Gasteiger partial charge in [-0.3, -0.25) is 0 Å². The van der Waals surface area contributed by atoms with Crippen molar-refractivity contribution in [2.75, 3.05) is 0 Å². The first-order chi connectivity index (χ1) is 9.30. The predicted molar refractivity (Wildman–Crippen MR) is 84.4 cm³/mol. The second-order valence-electron chi connectivity index (χ2n) is 6.64. The summed E-state index contributed by atoms with van der Waals surface area (Å²) < 4.78 is 12.3. The molecule has 0 atom stereocenters. The molecule has 0 bridgehead atoms. The quantitative estimate of drug-likeness (QED) is 0.737. The van der Waals surface area contributed by atoms with E-state index in [1.165, 1.54) is 16.3 Å². The smallest absolute Gasteiger partial charge is 0.399 e. The van der Waals surface area contributed by atoms with Gasteiger partial charge in [-0.05, 0) is 50.9 Å². The number of fused-ring (bicyclic) bond motifs is 1. The van der Waals surface area contributed by atoms with Gasteiger partial charge in [0.1, 0.15) is 0 Å². The van der Waals surface area contributed by atoms with Gasteiger partial charge in [0, 0.05) is 0 Å². The summed E-state index contributed by atoms with van der Waals surface area (Å²) in [6.07, 6.45) is 0. The summed E-state index contributed by atoms with van der Waals surface area (Å²) in [6.45, 7) is 10.5. The fourth-order valence-corrected chi connectivity index (χ4v) is 2.60. The third kappa shape index (κ3) is 2.06. The molecule has 2 nitrogen and oxygen atoms in total. The van der Waals surface area contributed by atoms with E-state index in [0.717, 1.165) is 5.46 Å². The Morgan fingerprint density at radius 2 is 1.35 bits per heavy atom. The average molecular weight is 268 g/mol. The summed E-state index contributed by atoms with van der Waals surface area (Å²) in [4.78, 5) is 0. The molecule has 1 aliphatic rings. The molecular weight excluding hydrogens is 247 g/mol. The van der Waals surface area contributed by atoms with Crippen LogP contribution in [0.2, 0.25) is 0 Å². The molecule has 0 saturated carbocycles. The molecule has 0 aliphatic carbocycles.